The number of nitrogens with one attached hydrogen (secondary N) is 1. The molecule has 9 heteroatoms. The zero-order valence-corrected chi connectivity index (χ0v) is 20.3. The van der Waals surface area contributed by atoms with Crippen LogP contribution in [0.15, 0.2) is 97.2 Å². The highest BCUT2D eigenvalue weighted by molar-refractivity contribution is 7.88. The first-order valence-corrected chi connectivity index (χ1v) is 12.5. The predicted molar refractivity (Wildman–Crippen MR) is 134 cm³/mol. The second-order valence-corrected chi connectivity index (χ2v) is 9.48. The molecule has 0 saturated carbocycles. The van der Waals surface area contributed by atoms with Crippen LogP contribution in [0.5, 0.6) is 0 Å². The smallest absolute Gasteiger partial charge is 0.422 e. The molecule has 0 aliphatic heterocycles. The highest BCUT2D eigenvalue weighted by atomic mass is 32.2. The molecule has 0 radical (unpaired) electrons. The molecule has 8 nitrogen and oxygen atoms in total. The van der Waals surface area contributed by atoms with Crippen molar-refractivity contribution in [1.82, 2.24) is 8.69 Å². The van der Waals surface area contributed by atoms with E-state index in [1.807, 2.05) is 22.9 Å². The van der Waals surface area contributed by atoms with Gasteiger partial charge in [-0.15, -0.1) is 0 Å². The Bertz CT molecular complexity index is 1450. The lowest BCUT2D eigenvalue weighted by atomic mass is 10.0. The Morgan fingerprint density at radius 3 is 1.83 bits per heavy atom. The van der Waals surface area contributed by atoms with Crippen LogP contribution >= 0.6 is 0 Å². The molecule has 3 aromatic carbocycles. The lowest BCUT2D eigenvalue weighted by Crippen LogP contribution is -2.36. The molecular weight excluding hydrogens is 480 g/mol. The number of hydrogen-bond donors (Lipinski definition) is 1. The van der Waals surface area contributed by atoms with Crippen LogP contribution in [-0.2, 0) is 32.9 Å². The van der Waals surface area contributed by atoms with Crippen molar-refractivity contribution in [2.24, 2.45) is 0 Å². The highest BCUT2D eigenvalue weighted by Crippen LogP contribution is 2.31. The summed E-state index contributed by atoms with van der Waals surface area (Å²) >= 11 is 0. The van der Waals surface area contributed by atoms with Gasteiger partial charge >= 0.3 is 22.3 Å². The van der Waals surface area contributed by atoms with Gasteiger partial charge in [0, 0.05) is 11.8 Å². The van der Waals surface area contributed by atoms with Gasteiger partial charge in [0.25, 0.3) is 0 Å². The molecule has 0 aliphatic rings. The summed E-state index contributed by atoms with van der Waals surface area (Å²) in [5.41, 5.74) is 2.73. The van der Waals surface area contributed by atoms with Crippen LogP contribution in [0.3, 0.4) is 0 Å². The number of carbonyl (C=O) groups is 2. The Morgan fingerprint density at radius 1 is 0.778 bits per heavy atom. The maximum absolute atomic E-state index is 13.2. The molecule has 4 aromatic rings. The third-order valence-corrected chi connectivity index (χ3v) is 6.55. The number of aromatic nitrogens is 1. The van der Waals surface area contributed by atoms with E-state index >= 15 is 0 Å². The van der Waals surface area contributed by atoms with E-state index in [1.165, 1.54) is 6.20 Å². The van der Waals surface area contributed by atoms with Crippen LogP contribution in [0.25, 0.3) is 11.1 Å². The molecule has 1 heterocycles. The van der Waals surface area contributed by atoms with E-state index in [4.69, 9.17) is 9.47 Å². The van der Waals surface area contributed by atoms with Crippen molar-refractivity contribution < 1.29 is 27.5 Å². The molecule has 1 amide bonds. The van der Waals surface area contributed by atoms with Gasteiger partial charge in [0.15, 0.2) is 5.69 Å². The molecule has 0 atom stereocenters. The monoisotopic (exact) mass is 504 g/mol. The van der Waals surface area contributed by atoms with E-state index in [0.29, 0.717) is 22.3 Å². The van der Waals surface area contributed by atoms with Crippen molar-refractivity contribution in [1.29, 1.82) is 0 Å². The summed E-state index contributed by atoms with van der Waals surface area (Å²) in [6.45, 7) is 1.51. The van der Waals surface area contributed by atoms with E-state index in [1.54, 1.807) is 79.7 Å². The lowest BCUT2D eigenvalue weighted by Gasteiger charge is -2.13. The summed E-state index contributed by atoms with van der Waals surface area (Å²) in [4.78, 5) is 25.6. The first-order chi connectivity index (χ1) is 17.3. The van der Waals surface area contributed by atoms with E-state index in [-0.39, 0.29) is 18.9 Å². The SMILES string of the molecule is Cc1cn(S(=O)(=O)NC(=O)OCc2ccccc2)c(C(=O)OCc2ccccc2)c1-c1ccccc1. The van der Waals surface area contributed by atoms with Gasteiger partial charge in [-0.1, -0.05) is 91.0 Å². The Labute approximate surface area is 209 Å². The van der Waals surface area contributed by atoms with Gasteiger partial charge in [0.05, 0.1) is 0 Å². The summed E-state index contributed by atoms with van der Waals surface area (Å²) in [6, 6.07) is 26.7. The number of amides is 1. The van der Waals surface area contributed by atoms with Gasteiger partial charge in [-0.05, 0) is 29.2 Å². The largest absolute Gasteiger partial charge is 0.456 e. The van der Waals surface area contributed by atoms with Gasteiger partial charge in [0.1, 0.15) is 13.2 Å². The summed E-state index contributed by atoms with van der Waals surface area (Å²) in [5, 5.41) is 0. The number of nitrogens with zero attached hydrogens (tertiary/aromatic N) is 1. The molecule has 0 bridgehead atoms. The Morgan fingerprint density at radius 2 is 1.28 bits per heavy atom. The molecule has 0 spiro atoms. The second-order valence-electron chi connectivity index (χ2n) is 7.93. The van der Waals surface area contributed by atoms with Crippen LogP contribution < -0.4 is 4.72 Å². The van der Waals surface area contributed by atoms with Crippen molar-refractivity contribution >= 4 is 22.3 Å². The minimum absolute atomic E-state index is 0.0509. The second kappa shape index (κ2) is 10.9. The highest BCUT2D eigenvalue weighted by Gasteiger charge is 2.30. The van der Waals surface area contributed by atoms with Crippen molar-refractivity contribution in [3.63, 3.8) is 0 Å². The van der Waals surface area contributed by atoms with Gasteiger partial charge in [0.2, 0.25) is 0 Å². The fraction of sp³-hybridized carbons (Fsp3) is 0.111. The minimum Gasteiger partial charge on any atom is -0.456 e. The summed E-state index contributed by atoms with van der Waals surface area (Å²) in [6.07, 6.45) is 0.101. The predicted octanol–water partition coefficient (Wildman–Crippen LogP) is 4.84. The average molecular weight is 505 g/mol. The van der Waals surface area contributed by atoms with Gasteiger partial charge < -0.3 is 9.47 Å². The number of benzene rings is 3. The Kier molecular flexibility index (Phi) is 7.50. The maximum atomic E-state index is 13.2. The average Bonchev–Trinajstić information content (AvgIpc) is 3.26. The molecule has 0 saturated heterocycles. The van der Waals surface area contributed by atoms with E-state index < -0.39 is 22.3 Å². The molecule has 1 N–H and O–H groups in total. The molecule has 36 heavy (non-hydrogen) atoms. The maximum Gasteiger partial charge on any atom is 0.422 e. The quantitative estimate of drug-likeness (QED) is 0.345. The van der Waals surface area contributed by atoms with Gasteiger partial charge in [-0.3, -0.25) is 0 Å². The first kappa shape index (κ1) is 24.7. The van der Waals surface area contributed by atoms with Gasteiger partial charge in [-0.2, -0.15) is 8.42 Å². The van der Waals surface area contributed by atoms with Crippen LogP contribution in [0.1, 0.15) is 27.2 Å². The molecule has 0 aliphatic carbocycles. The minimum atomic E-state index is -4.54. The molecule has 1 aromatic heterocycles. The number of aryl methyl sites for hydroxylation is 1. The number of carbonyl (C=O) groups excluding carboxylic acids is 2. The zero-order chi connectivity index (χ0) is 25.5. The molecule has 4 rings (SSSR count). The van der Waals surface area contributed by atoms with Crippen molar-refractivity contribution in [2.45, 2.75) is 20.1 Å². The summed E-state index contributed by atoms with van der Waals surface area (Å²) < 4.78 is 39.5. The Hall–Kier alpha value is -4.37. The van der Waals surface area contributed by atoms with Crippen LogP contribution in [0.4, 0.5) is 4.79 Å². The van der Waals surface area contributed by atoms with Crippen LogP contribution in [0.2, 0.25) is 0 Å². The third kappa shape index (κ3) is 5.81. The van der Waals surface area contributed by atoms with Gasteiger partial charge in [-0.25, -0.2) is 18.3 Å². The Balaban J connectivity index is 1.63. The fourth-order valence-corrected chi connectivity index (χ4v) is 4.72. The van der Waals surface area contributed by atoms with E-state index in [2.05, 4.69) is 0 Å². The zero-order valence-electron chi connectivity index (χ0n) is 19.5. The standard InChI is InChI=1S/C27H24N2O6S/c1-20-17-29(36(32,33)28-27(31)35-19-22-13-7-3-8-14-22)25(24(20)23-15-9-4-10-16-23)26(30)34-18-21-11-5-2-6-12-21/h2-17H,18-19H2,1H3,(H,28,31). The molecule has 184 valence electrons. The third-order valence-electron chi connectivity index (χ3n) is 5.32. The fourth-order valence-electron chi connectivity index (χ4n) is 3.65. The van der Waals surface area contributed by atoms with E-state index in [0.717, 1.165) is 9.54 Å². The van der Waals surface area contributed by atoms with Crippen molar-refractivity contribution in [2.75, 3.05) is 0 Å². The first-order valence-electron chi connectivity index (χ1n) is 11.1. The molecule has 0 fully saturated rings. The topological polar surface area (TPSA) is 104 Å². The normalized spacial score (nSPS) is 11.0. The van der Waals surface area contributed by atoms with Crippen molar-refractivity contribution in [3.05, 3.63) is 120 Å². The molecular formula is C27H24N2O6S. The summed E-state index contributed by atoms with van der Waals surface area (Å²) in [5.74, 6) is -0.853. The number of ether oxygens (including phenoxy) is 2. The van der Waals surface area contributed by atoms with E-state index in [9.17, 15) is 18.0 Å². The summed E-state index contributed by atoms with van der Waals surface area (Å²) in [7, 11) is -4.54. The van der Waals surface area contributed by atoms with Crippen LogP contribution in [0, 0.1) is 6.92 Å². The number of hydrogen-bond acceptors (Lipinski definition) is 6. The van der Waals surface area contributed by atoms with Crippen LogP contribution in [-0.4, -0.2) is 24.5 Å². The molecule has 0 unspecified atom stereocenters. The van der Waals surface area contributed by atoms with Crippen molar-refractivity contribution in [3.8, 4) is 11.1 Å². The number of rotatable bonds is 8. The lowest BCUT2D eigenvalue weighted by molar-refractivity contribution is 0.0465. The number of esters is 1.